The van der Waals surface area contributed by atoms with Gasteiger partial charge in [0, 0.05) is 42.5 Å². The van der Waals surface area contributed by atoms with E-state index >= 15 is 0 Å². The monoisotopic (exact) mass is 349 g/mol. The zero-order chi connectivity index (χ0) is 17.9. The van der Waals surface area contributed by atoms with Crippen molar-refractivity contribution in [2.75, 3.05) is 0 Å². The van der Waals surface area contributed by atoms with Crippen LogP contribution in [0.2, 0.25) is 0 Å². The third-order valence-corrected chi connectivity index (χ3v) is 5.05. The quantitative estimate of drug-likeness (QED) is 0.742. The van der Waals surface area contributed by atoms with Gasteiger partial charge < -0.3 is 9.88 Å². The number of carbonyl (C=O) groups excluding carboxylic acids is 1. The maximum atomic E-state index is 12.6. The number of aromatic nitrogens is 4. The molecule has 0 spiro atoms. The smallest absolute Gasteiger partial charge is 0.251 e. The van der Waals surface area contributed by atoms with Crippen molar-refractivity contribution < 1.29 is 4.79 Å². The zero-order valence-electron chi connectivity index (χ0n) is 14.9. The Bertz CT molecular complexity index is 879. The van der Waals surface area contributed by atoms with Crippen molar-refractivity contribution in [3.05, 3.63) is 66.4 Å². The number of pyridine rings is 1. The second kappa shape index (κ2) is 7.15. The van der Waals surface area contributed by atoms with Crippen molar-refractivity contribution in [2.45, 2.75) is 38.8 Å². The fourth-order valence-electron chi connectivity index (χ4n) is 3.19. The van der Waals surface area contributed by atoms with Gasteiger partial charge in [-0.1, -0.05) is 6.42 Å². The number of amides is 1. The van der Waals surface area contributed by atoms with Crippen LogP contribution in [0.5, 0.6) is 0 Å². The Morgan fingerprint density at radius 3 is 2.88 bits per heavy atom. The number of hydrogen-bond acceptors (Lipinski definition) is 3. The molecule has 1 N–H and O–H groups in total. The summed E-state index contributed by atoms with van der Waals surface area (Å²) in [5, 5.41) is 7.49. The van der Waals surface area contributed by atoms with Gasteiger partial charge in [0.2, 0.25) is 0 Å². The number of nitrogens with zero attached hydrogens (tertiary/aromatic N) is 4. The normalized spacial score (nSPS) is 15.4. The second-order valence-electron chi connectivity index (χ2n) is 6.98. The van der Waals surface area contributed by atoms with Crippen LogP contribution in [-0.2, 0) is 6.54 Å². The molecule has 1 aliphatic carbocycles. The maximum absolute atomic E-state index is 12.6. The number of nitrogens with one attached hydrogen (secondary N) is 1. The Balaban J connectivity index is 1.42. The van der Waals surface area contributed by atoms with Gasteiger partial charge in [-0.2, -0.15) is 5.10 Å². The second-order valence-corrected chi connectivity index (χ2v) is 6.98. The van der Waals surface area contributed by atoms with Gasteiger partial charge in [0.25, 0.3) is 5.91 Å². The Kier molecular flexibility index (Phi) is 4.56. The van der Waals surface area contributed by atoms with Crippen LogP contribution < -0.4 is 5.32 Å². The molecule has 0 saturated heterocycles. The molecule has 6 nitrogen and oxygen atoms in total. The van der Waals surface area contributed by atoms with Crippen molar-refractivity contribution in [1.82, 2.24) is 24.6 Å². The first kappa shape index (κ1) is 16.6. The third kappa shape index (κ3) is 3.54. The molecule has 3 heterocycles. The van der Waals surface area contributed by atoms with Gasteiger partial charge in [0.1, 0.15) is 5.82 Å². The SMILES string of the molecule is CC(NC(=O)c1ccnc(-n2cccc2)c1)c1cnn(CC2CCC2)c1. The first-order valence-corrected chi connectivity index (χ1v) is 9.11. The average Bonchev–Trinajstić information content (AvgIpc) is 3.30. The predicted octanol–water partition coefficient (Wildman–Crippen LogP) is 3.36. The summed E-state index contributed by atoms with van der Waals surface area (Å²) in [4.78, 5) is 16.9. The maximum Gasteiger partial charge on any atom is 0.251 e. The molecule has 3 aromatic rings. The molecule has 0 bridgehead atoms. The standard InChI is InChI=1S/C20H23N5O/c1-15(18-12-22-25(14-18)13-16-5-4-6-16)23-20(26)17-7-8-21-19(11-17)24-9-2-3-10-24/h2-3,7-12,14-16H,4-6,13H2,1H3,(H,23,26). The van der Waals surface area contributed by atoms with Crippen LogP contribution in [0.15, 0.2) is 55.2 Å². The zero-order valence-corrected chi connectivity index (χ0v) is 14.9. The van der Waals surface area contributed by atoms with Gasteiger partial charge in [0.15, 0.2) is 0 Å². The van der Waals surface area contributed by atoms with E-state index in [1.54, 1.807) is 18.3 Å². The first-order valence-electron chi connectivity index (χ1n) is 9.11. The summed E-state index contributed by atoms with van der Waals surface area (Å²) in [6.45, 7) is 2.96. The number of carbonyl (C=O) groups is 1. The van der Waals surface area contributed by atoms with Crippen molar-refractivity contribution >= 4 is 5.91 Å². The molecule has 3 aromatic heterocycles. The molecule has 0 radical (unpaired) electrons. The number of hydrogen-bond donors (Lipinski definition) is 1. The van der Waals surface area contributed by atoms with Crippen LogP contribution in [0.1, 0.15) is 48.1 Å². The van der Waals surface area contributed by atoms with Gasteiger partial charge in [-0.25, -0.2) is 4.98 Å². The lowest BCUT2D eigenvalue weighted by molar-refractivity contribution is 0.0939. The molecule has 26 heavy (non-hydrogen) atoms. The van der Waals surface area contributed by atoms with Crippen molar-refractivity contribution in [2.24, 2.45) is 5.92 Å². The fourth-order valence-corrected chi connectivity index (χ4v) is 3.19. The molecule has 0 aromatic carbocycles. The summed E-state index contributed by atoms with van der Waals surface area (Å²) in [5.41, 5.74) is 1.62. The summed E-state index contributed by atoms with van der Waals surface area (Å²) in [6, 6.07) is 7.29. The van der Waals surface area contributed by atoms with Crippen molar-refractivity contribution in [3.63, 3.8) is 0 Å². The third-order valence-electron chi connectivity index (χ3n) is 5.05. The molecule has 4 rings (SSSR count). The van der Waals surface area contributed by atoms with Crippen molar-refractivity contribution in [1.29, 1.82) is 0 Å². The molecule has 1 aliphatic rings. The van der Waals surface area contributed by atoms with E-state index < -0.39 is 0 Å². The Morgan fingerprint density at radius 2 is 2.15 bits per heavy atom. The first-order chi connectivity index (χ1) is 12.7. The van der Waals surface area contributed by atoms with Crippen LogP contribution >= 0.6 is 0 Å². The highest BCUT2D eigenvalue weighted by molar-refractivity contribution is 5.94. The average molecular weight is 349 g/mol. The lowest BCUT2D eigenvalue weighted by Crippen LogP contribution is -2.26. The van der Waals surface area contributed by atoms with E-state index in [4.69, 9.17) is 0 Å². The molecule has 6 heteroatoms. The number of rotatable bonds is 6. The minimum atomic E-state index is -0.111. The molecule has 134 valence electrons. The summed E-state index contributed by atoms with van der Waals surface area (Å²) in [5.74, 6) is 1.38. The Labute approximate surface area is 152 Å². The van der Waals surface area contributed by atoms with E-state index in [9.17, 15) is 4.79 Å². The molecule has 1 unspecified atom stereocenters. The van der Waals surface area contributed by atoms with Gasteiger partial charge >= 0.3 is 0 Å². The minimum Gasteiger partial charge on any atom is -0.345 e. The molecular formula is C20H23N5O. The summed E-state index contributed by atoms with van der Waals surface area (Å²) >= 11 is 0. The van der Waals surface area contributed by atoms with E-state index in [-0.39, 0.29) is 11.9 Å². The van der Waals surface area contributed by atoms with Gasteiger partial charge in [-0.05, 0) is 49.9 Å². The molecule has 1 amide bonds. The fraction of sp³-hybridized carbons (Fsp3) is 0.350. The summed E-state index contributed by atoms with van der Waals surface area (Å²) in [7, 11) is 0. The summed E-state index contributed by atoms with van der Waals surface area (Å²) in [6.07, 6.45) is 13.3. The highest BCUT2D eigenvalue weighted by atomic mass is 16.1. The van der Waals surface area contributed by atoms with E-state index in [0.29, 0.717) is 5.56 Å². The van der Waals surface area contributed by atoms with E-state index in [1.807, 2.05) is 53.1 Å². The molecule has 1 saturated carbocycles. The topological polar surface area (TPSA) is 64.7 Å². The highest BCUT2D eigenvalue weighted by Gasteiger charge is 2.19. The molecule has 1 fully saturated rings. The van der Waals surface area contributed by atoms with Crippen LogP contribution in [0.3, 0.4) is 0 Å². The van der Waals surface area contributed by atoms with Crippen LogP contribution in [0.4, 0.5) is 0 Å². The lowest BCUT2D eigenvalue weighted by Gasteiger charge is -2.24. The summed E-state index contributed by atoms with van der Waals surface area (Å²) < 4.78 is 3.88. The van der Waals surface area contributed by atoms with Crippen LogP contribution in [0.25, 0.3) is 5.82 Å². The predicted molar refractivity (Wildman–Crippen MR) is 99.0 cm³/mol. The van der Waals surface area contributed by atoms with Gasteiger partial charge in [-0.3, -0.25) is 9.48 Å². The highest BCUT2D eigenvalue weighted by Crippen LogP contribution is 2.27. The Hall–Kier alpha value is -2.89. The van der Waals surface area contributed by atoms with Gasteiger partial charge in [-0.15, -0.1) is 0 Å². The van der Waals surface area contributed by atoms with E-state index in [1.165, 1.54) is 19.3 Å². The van der Waals surface area contributed by atoms with E-state index in [0.717, 1.165) is 23.8 Å². The lowest BCUT2D eigenvalue weighted by atomic mass is 9.85. The molecule has 1 atom stereocenters. The van der Waals surface area contributed by atoms with Crippen LogP contribution in [0, 0.1) is 5.92 Å². The largest absolute Gasteiger partial charge is 0.345 e. The minimum absolute atomic E-state index is 0.0964. The molecule has 0 aliphatic heterocycles. The van der Waals surface area contributed by atoms with Crippen molar-refractivity contribution in [3.8, 4) is 5.82 Å². The van der Waals surface area contributed by atoms with Crippen LogP contribution in [-0.4, -0.2) is 25.2 Å². The van der Waals surface area contributed by atoms with E-state index in [2.05, 4.69) is 15.4 Å². The Morgan fingerprint density at radius 1 is 1.35 bits per heavy atom. The molecular weight excluding hydrogens is 326 g/mol. The van der Waals surface area contributed by atoms with Gasteiger partial charge in [0.05, 0.1) is 12.2 Å².